The van der Waals surface area contributed by atoms with Gasteiger partial charge in [0, 0.05) is 17.3 Å². The molecule has 29 heavy (non-hydrogen) atoms. The van der Waals surface area contributed by atoms with E-state index in [1.54, 1.807) is 6.07 Å². The highest BCUT2D eigenvalue weighted by Crippen LogP contribution is 2.24. The standard InChI is InChI=1S/C25H18N2O2/c1-17-6-8-19(9-7-17)24-13-12-23(29-24)15-21(16-26)25(28)27-22-11-10-18-4-2-3-5-20(18)14-22/h2-15H,1H3,(H,27,28)/b21-15+. The Kier molecular flexibility index (Phi) is 4.96. The van der Waals surface area contributed by atoms with Gasteiger partial charge in [-0.05, 0) is 42.0 Å². The number of furan rings is 1. The van der Waals surface area contributed by atoms with E-state index in [0.717, 1.165) is 21.9 Å². The minimum atomic E-state index is -0.476. The number of aryl methyl sites for hydroxylation is 1. The average molecular weight is 378 g/mol. The van der Waals surface area contributed by atoms with Gasteiger partial charge in [-0.1, -0.05) is 60.2 Å². The lowest BCUT2D eigenvalue weighted by Crippen LogP contribution is -2.13. The molecule has 0 unspecified atom stereocenters. The number of amides is 1. The molecule has 0 bridgehead atoms. The number of hydrogen-bond donors (Lipinski definition) is 1. The number of fused-ring (bicyclic) bond motifs is 1. The molecule has 0 radical (unpaired) electrons. The van der Waals surface area contributed by atoms with Gasteiger partial charge in [0.05, 0.1) is 0 Å². The van der Waals surface area contributed by atoms with Crippen LogP contribution in [0, 0.1) is 18.3 Å². The zero-order valence-corrected chi connectivity index (χ0v) is 15.8. The van der Waals surface area contributed by atoms with Crippen molar-refractivity contribution in [1.82, 2.24) is 0 Å². The summed E-state index contributed by atoms with van der Waals surface area (Å²) >= 11 is 0. The first kappa shape index (κ1) is 18.3. The van der Waals surface area contributed by atoms with E-state index in [4.69, 9.17) is 4.42 Å². The van der Waals surface area contributed by atoms with Gasteiger partial charge in [0.15, 0.2) is 0 Å². The predicted octanol–water partition coefficient (Wildman–Crippen LogP) is 5.95. The van der Waals surface area contributed by atoms with Gasteiger partial charge < -0.3 is 9.73 Å². The fourth-order valence-corrected chi connectivity index (χ4v) is 3.06. The Morgan fingerprint density at radius 2 is 1.72 bits per heavy atom. The maximum Gasteiger partial charge on any atom is 0.266 e. The number of nitrogens with one attached hydrogen (secondary N) is 1. The van der Waals surface area contributed by atoms with Gasteiger partial charge in [0.25, 0.3) is 5.91 Å². The molecule has 4 rings (SSSR count). The van der Waals surface area contributed by atoms with Gasteiger partial charge in [-0.25, -0.2) is 0 Å². The number of nitriles is 1. The lowest BCUT2D eigenvalue weighted by molar-refractivity contribution is -0.112. The SMILES string of the molecule is Cc1ccc(-c2ccc(/C=C(\C#N)C(=O)Nc3ccc4ccccc4c3)o2)cc1. The van der Waals surface area contributed by atoms with Crippen molar-refractivity contribution >= 4 is 28.4 Å². The molecule has 4 aromatic rings. The Bertz CT molecular complexity index is 1260. The molecule has 4 heteroatoms. The van der Waals surface area contributed by atoms with Gasteiger partial charge in [0.1, 0.15) is 23.2 Å². The summed E-state index contributed by atoms with van der Waals surface area (Å²) in [5, 5.41) is 14.3. The van der Waals surface area contributed by atoms with Crippen LogP contribution in [0.2, 0.25) is 0 Å². The zero-order valence-electron chi connectivity index (χ0n) is 15.8. The number of nitrogens with zero attached hydrogens (tertiary/aromatic N) is 1. The number of benzene rings is 3. The maximum absolute atomic E-state index is 12.6. The Morgan fingerprint density at radius 3 is 2.48 bits per heavy atom. The van der Waals surface area contributed by atoms with Crippen LogP contribution in [0.1, 0.15) is 11.3 Å². The minimum Gasteiger partial charge on any atom is -0.457 e. The molecule has 0 spiro atoms. The van der Waals surface area contributed by atoms with Crippen molar-refractivity contribution < 1.29 is 9.21 Å². The number of anilines is 1. The third-order valence-electron chi connectivity index (χ3n) is 4.62. The number of carbonyl (C=O) groups is 1. The second kappa shape index (κ2) is 7.87. The fraction of sp³-hybridized carbons (Fsp3) is 0.0400. The molecular formula is C25H18N2O2. The van der Waals surface area contributed by atoms with Gasteiger partial charge in [-0.15, -0.1) is 0 Å². The first-order valence-electron chi connectivity index (χ1n) is 9.21. The van der Waals surface area contributed by atoms with Crippen molar-refractivity contribution in [2.45, 2.75) is 6.92 Å². The monoisotopic (exact) mass is 378 g/mol. The van der Waals surface area contributed by atoms with E-state index in [0.29, 0.717) is 17.2 Å². The molecule has 0 atom stereocenters. The third-order valence-corrected chi connectivity index (χ3v) is 4.62. The van der Waals surface area contributed by atoms with Crippen LogP contribution in [0.15, 0.2) is 88.9 Å². The van der Waals surface area contributed by atoms with Crippen LogP contribution in [-0.4, -0.2) is 5.91 Å². The van der Waals surface area contributed by atoms with Crippen LogP contribution in [0.4, 0.5) is 5.69 Å². The topological polar surface area (TPSA) is 66.0 Å². The van der Waals surface area contributed by atoms with Crippen LogP contribution in [0.25, 0.3) is 28.2 Å². The lowest BCUT2D eigenvalue weighted by Gasteiger charge is -2.05. The summed E-state index contributed by atoms with van der Waals surface area (Å²) in [6.07, 6.45) is 1.45. The Balaban J connectivity index is 1.54. The molecule has 1 amide bonds. The molecule has 0 aliphatic carbocycles. The molecule has 3 aromatic carbocycles. The van der Waals surface area contributed by atoms with Crippen molar-refractivity contribution in [3.63, 3.8) is 0 Å². The summed E-state index contributed by atoms with van der Waals surface area (Å²) in [6, 6.07) is 27.0. The molecule has 0 saturated heterocycles. The van der Waals surface area contributed by atoms with Crippen LogP contribution in [0.5, 0.6) is 0 Å². The summed E-state index contributed by atoms with van der Waals surface area (Å²) in [5.41, 5.74) is 2.71. The van der Waals surface area contributed by atoms with Crippen molar-refractivity contribution in [3.05, 3.63) is 95.8 Å². The molecule has 0 saturated carbocycles. The number of rotatable bonds is 4. The van der Waals surface area contributed by atoms with Crippen molar-refractivity contribution in [2.24, 2.45) is 0 Å². The molecule has 0 aliphatic rings. The molecule has 1 N–H and O–H groups in total. The zero-order chi connectivity index (χ0) is 20.2. The first-order valence-corrected chi connectivity index (χ1v) is 9.21. The summed E-state index contributed by atoms with van der Waals surface area (Å²) < 4.78 is 5.79. The quantitative estimate of drug-likeness (QED) is 0.352. The Labute approximate surface area is 168 Å². The van der Waals surface area contributed by atoms with Crippen LogP contribution >= 0.6 is 0 Å². The predicted molar refractivity (Wildman–Crippen MR) is 115 cm³/mol. The smallest absolute Gasteiger partial charge is 0.266 e. The van der Waals surface area contributed by atoms with Gasteiger partial charge in [-0.2, -0.15) is 5.26 Å². The Hall–Kier alpha value is -4.10. The van der Waals surface area contributed by atoms with Crippen LogP contribution in [-0.2, 0) is 4.79 Å². The molecule has 1 heterocycles. The van der Waals surface area contributed by atoms with Crippen molar-refractivity contribution in [3.8, 4) is 17.4 Å². The van der Waals surface area contributed by atoms with E-state index < -0.39 is 5.91 Å². The summed E-state index contributed by atoms with van der Waals surface area (Å²) in [5.74, 6) is 0.658. The molecule has 140 valence electrons. The second-order valence-electron chi connectivity index (χ2n) is 6.75. The van der Waals surface area contributed by atoms with Crippen LogP contribution < -0.4 is 5.32 Å². The molecule has 4 nitrogen and oxygen atoms in total. The highest BCUT2D eigenvalue weighted by atomic mass is 16.3. The van der Waals surface area contributed by atoms with Gasteiger partial charge in [0.2, 0.25) is 0 Å². The summed E-state index contributed by atoms with van der Waals surface area (Å²) in [4.78, 5) is 12.6. The van der Waals surface area contributed by atoms with Gasteiger partial charge in [-0.3, -0.25) is 4.79 Å². The van der Waals surface area contributed by atoms with Gasteiger partial charge >= 0.3 is 0 Å². The lowest BCUT2D eigenvalue weighted by atomic mass is 10.1. The normalized spacial score (nSPS) is 11.2. The van der Waals surface area contributed by atoms with E-state index in [2.05, 4.69) is 5.32 Å². The number of hydrogen-bond acceptors (Lipinski definition) is 3. The first-order chi connectivity index (χ1) is 14.1. The highest BCUT2D eigenvalue weighted by Gasteiger charge is 2.12. The molecule has 1 aromatic heterocycles. The Morgan fingerprint density at radius 1 is 0.966 bits per heavy atom. The van der Waals surface area contributed by atoms with E-state index in [-0.39, 0.29) is 5.57 Å². The average Bonchev–Trinajstić information content (AvgIpc) is 3.21. The van der Waals surface area contributed by atoms with E-state index in [1.807, 2.05) is 85.8 Å². The number of carbonyl (C=O) groups excluding carboxylic acids is 1. The van der Waals surface area contributed by atoms with Crippen molar-refractivity contribution in [1.29, 1.82) is 5.26 Å². The summed E-state index contributed by atoms with van der Waals surface area (Å²) in [6.45, 7) is 2.02. The maximum atomic E-state index is 12.6. The summed E-state index contributed by atoms with van der Waals surface area (Å²) in [7, 11) is 0. The van der Waals surface area contributed by atoms with Crippen LogP contribution in [0.3, 0.4) is 0 Å². The molecular weight excluding hydrogens is 360 g/mol. The highest BCUT2D eigenvalue weighted by molar-refractivity contribution is 6.10. The van der Waals surface area contributed by atoms with E-state index in [9.17, 15) is 10.1 Å². The van der Waals surface area contributed by atoms with E-state index in [1.165, 1.54) is 6.08 Å². The molecule has 0 aliphatic heterocycles. The third kappa shape index (κ3) is 4.10. The second-order valence-corrected chi connectivity index (χ2v) is 6.75. The van der Waals surface area contributed by atoms with Crippen molar-refractivity contribution in [2.75, 3.05) is 5.32 Å². The van der Waals surface area contributed by atoms with E-state index >= 15 is 0 Å². The largest absolute Gasteiger partial charge is 0.457 e. The molecule has 0 fully saturated rings. The fourth-order valence-electron chi connectivity index (χ4n) is 3.06. The minimum absolute atomic E-state index is 0.0250.